The molecule has 1 fully saturated rings. The van der Waals surface area contributed by atoms with Gasteiger partial charge in [-0.2, -0.15) is 0 Å². The van der Waals surface area contributed by atoms with Gasteiger partial charge < -0.3 is 102 Å². The monoisotopic (exact) mass is 1100 g/mol. The molecule has 12 atom stereocenters. The van der Waals surface area contributed by atoms with Crippen LogP contribution in [0.4, 0.5) is 0 Å². The van der Waals surface area contributed by atoms with E-state index in [4.69, 9.17) is 28.7 Å². The molecule has 30 heteroatoms. The molecule has 30 nitrogen and oxygen atoms in total. The minimum Gasteiger partial charge on any atom is -0.391 e. The minimum atomic E-state index is -1.71. The Morgan fingerprint density at radius 3 is 1.57 bits per heavy atom. The van der Waals surface area contributed by atoms with Gasteiger partial charge in [0.2, 0.25) is 65.0 Å². The molecular formula is C47H88N16O14. The molecule has 11 amide bonds. The second-order valence-corrected chi connectivity index (χ2v) is 18.9. The van der Waals surface area contributed by atoms with Gasteiger partial charge in [0, 0.05) is 13.0 Å². The zero-order valence-corrected chi connectivity index (χ0v) is 44.8. The number of hydrogen-bond acceptors (Lipinski definition) is 19. The number of carbonyl (C=O) groups excluding carboxylic acids is 11. The van der Waals surface area contributed by atoms with Gasteiger partial charge in [0.25, 0.3) is 0 Å². The maximum absolute atomic E-state index is 14.1. The number of aliphatic hydroxyl groups is 3. The van der Waals surface area contributed by atoms with E-state index >= 15 is 0 Å². The number of amides is 11. The van der Waals surface area contributed by atoms with Gasteiger partial charge in [-0.15, -0.1) is 0 Å². The van der Waals surface area contributed by atoms with Crippen LogP contribution in [0.25, 0.3) is 0 Å². The number of carbonyl (C=O) groups is 11. The van der Waals surface area contributed by atoms with Crippen molar-refractivity contribution in [1.82, 2.24) is 58.5 Å². The van der Waals surface area contributed by atoms with Crippen LogP contribution < -0.4 is 87.2 Å². The van der Waals surface area contributed by atoms with Crippen molar-refractivity contribution in [3.05, 3.63) is 0 Å². The van der Waals surface area contributed by atoms with E-state index in [1.54, 1.807) is 0 Å². The molecule has 1 aliphatic heterocycles. The number of aliphatic hydroxyl groups excluding tert-OH is 3. The van der Waals surface area contributed by atoms with Crippen LogP contribution in [0.3, 0.4) is 0 Å². The molecule has 77 heavy (non-hydrogen) atoms. The molecule has 0 aromatic heterocycles. The van der Waals surface area contributed by atoms with Crippen LogP contribution >= 0.6 is 0 Å². The lowest BCUT2D eigenvalue weighted by Crippen LogP contribution is -2.61. The van der Waals surface area contributed by atoms with Crippen molar-refractivity contribution in [2.24, 2.45) is 28.7 Å². The van der Waals surface area contributed by atoms with Gasteiger partial charge in [-0.1, -0.05) is 39.0 Å². The first-order valence-electron chi connectivity index (χ1n) is 26.3. The van der Waals surface area contributed by atoms with Crippen LogP contribution in [-0.4, -0.2) is 199 Å². The van der Waals surface area contributed by atoms with Gasteiger partial charge in [0.1, 0.15) is 54.4 Å². The molecule has 1 saturated heterocycles. The number of nitrogens with two attached hydrogens (primary N) is 5. The highest BCUT2D eigenvalue weighted by Crippen LogP contribution is 2.09. The van der Waals surface area contributed by atoms with Gasteiger partial charge in [-0.05, 0) is 98.4 Å². The smallest absolute Gasteiger partial charge is 0.245 e. The van der Waals surface area contributed by atoms with Crippen molar-refractivity contribution >= 4 is 65.0 Å². The molecule has 1 heterocycles. The zero-order valence-electron chi connectivity index (χ0n) is 44.8. The standard InChI is InChI=1S/C47H88N16O14/c1-5-6-7-8-9-10-11-34(67)55-29(13-19-49)43(73)63-38(27(4)66)47(77)60-31(15-21-51)41(71)58-33-17-23-53-45(75)36(25(2)64)62-44(74)32(16-22-52)57-40(70)30(14-20-50)59-46(76)37(26(3)65)61-35(68)24-54-39(69)28(12-18-48)56-42(33)72/h25-33,36-38,64-66H,5-24,48-52H2,1-4H3,(H,53,75)(H,54,69)(H,55,67)(H,56,72)(H,57,70)(H,58,71)(H,59,76)(H,60,77)(H,61,68)(H,62,74)(H,63,73)/t25-,26-,27-,28+,29+,30+,31+,32+,33+,36+,37+,38+/m1/s1. The summed E-state index contributed by atoms with van der Waals surface area (Å²) in [6.07, 6.45) is -0.429. The Hall–Kier alpha value is -6.15. The molecular weight excluding hydrogens is 1010 g/mol. The molecule has 440 valence electrons. The van der Waals surface area contributed by atoms with E-state index in [0.29, 0.717) is 6.42 Å². The fraction of sp³-hybridized carbons (Fsp3) is 0.766. The quantitative estimate of drug-likeness (QED) is 0.0340. The molecule has 0 aromatic carbocycles. The van der Waals surface area contributed by atoms with E-state index in [1.165, 1.54) is 13.8 Å². The Balaban J connectivity index is 3.61. The van der Waals surface area contributed by atoms with Gasteiger partial charge in [0.15, 0.2) is 0 Å². The maximum Gasteiger partial charge on any atom is 0.245 e. The van der Waals surface area contributed by atoms with Crippen LogP contribution in [0.15, 0.2) is 0 Å². The van der Waals surface area contributed by atoms with Crippen molar-refractivity contribution in [1.29, 1.82) is 0 Å². The first-order chi connectivity index (χ1) is 36.5. The summed E-state index contributed by atoms with van der Waals surface area (Å²) >= 11 is 0. The average Bonchev–Trinajstić information content (AvgIpc) is 3.36. The predicted octanol–water partition coefficient (Wildman–Crippen LogP) is -8.38. The Kier molecular flexibility index (Phi) is 33.6. The van der Waals surface area contributed by atoms with E-state index in [0.717, 1.165) is 39.0 Å². The first-order valence-corrected chi connectivity index (χ1v) is 26.3. The van der Waals surface area contributed by atoms with Crippen LogP contribution in [0.5, 0.6) is 0 Å². The fourth-order valence-corrected chi connectivity index (χ4v) is 7.81. The zero-order chi connectivity index (χ0) is 58.2. The highest BCUT2D eigenvalue weighted by Gasteiger charge is 2.37. The van der Waals surface area contributed by atoms with Gasteiger partial charge in [-0.25, -0.2) is 0 Å². The third-order valence-corrected chi connectivity index (χ3v) is 12.2. The molecule has 24 N–H and O–H groups in total. The minimum absolute atomic E-state index is 0.0164. The summed E-state index contributed by atoms with van der Waals surface area (Å²) in [5.74, 6) is -10.4. The SMILES string of the molecule is CCCCCCCCC(=O)N[C@@H](CCN)C(=O)N[C@H](C(=O)N[C@@H](CCN)C(=O)N[C@H]1CCNC(=O)[C@H]([C@@H](C)O)NC(=O)[C@H](CCN)NC(=O)[C@H](CCN)NC(=O)[C@H]([C@@H](C)O)NC(=O)CNC(=O)[C@H](CCN)NC1=O)[C@@H](C)O. The lowest BCUT2D eigenvalue weighted by molar-refractivity contribution is -0.137. The number of unbranched alkanes of at least 4 members (excludes halogenated alkanes) is 5. The fourth-order valence-electron chi connectivity index (χ4n) is 7.81. The van der Waals surface area contributed by atoms with Crippen molar-refractivity contribution in [2.45, 2.75) is 184 Å². The molecule has 1 aliphatic rings. The predicted molar refractivity (Wildman–Crippen MR) is 279 cm³/mol. The second kappa shape index (κ2) is 37.6. The maximum atomic E-state index is 14.1. The molecule has 0 saturated carbocycles. The van der Waals surface area contributed by atoms with Gasteiger partial charge >= 0.3 is 0 Å². The van der Waals surface area contributed by atoms with E-state index in [2.05, 4.69) is 65.4 Å². The highest BCUT2D eigenvalue weighted by molar-refractivity contribution is 5.98. The van der Waals surface area contributed by atoms with Crippen molar-refractivity contribution in [2.75, 3.05) is 45.8 Å². The number of nitrogens with one attached hydrogen (secondary N) is 11. The number of rotatable bonds is 27. The summed E-state index contributed by atoms with van der Waals surface area (Å²) in [6, 6.07) is -13.9. The summed E-state index contributed by atoms with van der Waals surface area (Å²) in [5, 5.41) is 58.3. The topological polar surface area (TPSA) is 511 Å². The molecule has 0 aliphatic carbocycles. The molecule has 0 unspecified atom stereocenters. The van der Waals surface area contributed by atoms with E-state index in [9.17, 15) is 68.1 Å². The van der Waals surface area contributed by atoms with Crippen molar-refractivity contribution in [3.63, 3.8) is 0 Å². The molecule has 0 bridgehead atoms. The largest absolute Gasteiger partial charge is 0.391 e. The summed E-state index contributed by atoms with van der Waals surface area (Å²) in [5.41, 5.74) is 28.8. The molecule has 0 aromatic rings. The highest BCUT2D eigenvalue weighted by atomic mass is 16.3. The van der Waals surface area contributed by atoms with Crippen LogP contribution in [0.1, 0.15) is 111 Å². The Morgan fingerprint density at radius 2 is 1.04 bits per heavy atom. The second-order valence-electron chi connectivity index (χ2n) is 18.9. The molecule has 0 radical (unpaired) electrons. The van der Waals surface area contributed by atoms with E-state index in [-0.39, 0.29) is 71.2 Å². The lowest BCUT2D eigenvalue weighted by Gasteiger charge is -2.28. The summed E-state index contributed by atoms with van der Waals surface area (Å²) in [4.78, 5) is 149. The number of hydrogen-bond donors (Lipinski definition) is 19. The third-order valence-electron chi connectivity index (χ3n) is 12.2. The van der Waals surface area contributed by atoms with Gasteiger partial charge in [0.05, 0.1) is 24.9 Å². The van der Waals surface area contributed by atoms with Crippen LogP contribution in [-0.2, 0) is 52.7 Å². The average molecular weight is 1100 g/mol. The normalized spacial score (nSPS) is 23.0. The lowest BCUT2D eigenvalue weighted by atomic mass is 10.1. The van der Waals surface area contributed by atoms with Crippen molar-refractivity contribution < 1.29 is 68.1 Å². The van der Waals surface area contributed by atoms with Crippen molar-refractivity contribution in [3.8, 4) is 0 Å². The Morgan fingerprint density at radius 1 is 0.545 bits per heavy atom. The third kappa shape index (κ3) is 25.7. The summed E-state index contributed by atoms with van der Waals surface area (Å²) in [6.45, 7) is 3.53. The summed E-state index contributed by atoms with van der Waals surface area (Å²) < 4.78 is 0. The van der Waals surface area contributed by atoms with Crippen LogP contribution in [0, 0.1) is 0 Å². The molecule has 0 spiro atoms. The molecule has 1 rings (SSSR count). The summed E-state index contributed by atoms with van der Waals surface area (Å²) in [7, 11) is 0. The van der Waals surface area contributed by atoms with Gasteiger partial charge in [-0.3, -0.25) is 52.7 Å². The first kappa shape index (κ1) is 68.9. The van der Waals surface area contributed by atoms with Crippen LogP contribution in [0.2, 0.25) is 0 Å². The van der Waals surface area contributed by atoms with E-state index < -0.39 is 157 Å². The van der Waals surface area contributed by atoms with E-state index in [1.807, 2.05) is 0 Å². The Labute approximate surface area is 448 Å². The Bertz CT molecular complexity index is 1930.